The smallest absolute Gasteiger partial charge is 0.280 e. The average molecular weight is 372 g/mol. The first-order valence-electron chi connectivity index (χ1n) is 7.81. The Hall–Kier alpha value is -2.03. The van der Waals surface area contributed by atoms with Crippen LogP contribution in [0, 0.1) is 11.6 Å². The largest absolute Gasteiger partial charge is 0.386 e. The summed E-state index contributed by atoms with van der Waals surface area (Å²) in [5.41, 5.74) is -0.535. The Morgan fingerprint density at radius 3 is 2.00 bits per heavy atom. The molecule has 0 fully saturated rings. The molecule has 0 saturated carbocycles. The highest BCUT2D eigenvalue weighted by molar-refractivity contribution is 5.62. The third-order valence-corrected chi connectivity index (χ3v) is 4.18. The molecule has 142 valence electrons. The maximum absolute atomic E-state index is 14.9. The molecule has 0 saturated heterocycles. The quantitative estimate of drug-likeness (QED) is 0.705. The van der Waals surface area contributed by atoms with Crippen LogP contribution in [0.2, 0.25) is 0 Å². The molecule has 0 bridgehead atoms. The molecule has 1 heterocycles. The molecule has 8 heteroatoms. The Bertz CT molecular complexity index is 799. The minimum atomic E-state index is -3.69. The van der Waals surface area contributed by atoms with Gasteiger partial charge < -0.3 is 15.9 Å². The number of hydrogen-bond acceptors (Lipinski definition) is 4. The predicted molar refractivity (Wildman–Crippen MR) is 88.4 cm³/mol. The number of aliphatic hydroxyl groups is 2. The van der Waals surface area contributed by atoms with Crippen LogP contribution in [0.1, 0.15) is 32.0 Å². The van der Waals surface area contributed by atoms with Crippen molar-refractivity contribution in [1.29, 1.82) is 0 Å². The summed E-state index contributed by atoms with van der Waals surface area (Å²) >= 11 is 0. The summed E-state index contributed by atoms with van der Waals surface area (Å²) in [5.74, 6) is -5.23. The van der Waals surface area contributed by atoms with E-state index >= 15 is 0 Å². The molecule has 0 spiro atoms. The molecule has 0 aliphatic rings. The van der Waals surface area contributed by atoms with Crippen molar-refractivity contribution in [2.45, 2.75) is 37.9 Å². The molecule has 2 aromatic rings. The summed E-state index contributed by atoms with van der Waals surface area (Å²) in [6.45, 7) is 2.10. The Morgan fingerprint density at radius 2 is 1.58 bits per heavy atom. The third-order valence-electron chi connectivity index (χ3n) is 4.18. The number of halogens is 4. The van der Waals surface area contributed by atoms with Gasteiger partial charge in [0.15, 0.2) is 11.4 Å². The molecule has 1 unspecified atom stereocenters. The molecule has 1 atom stereocenters. The van der Waals surface area contributed by atoms with Crippen LogP contribution in [0.5, 0.6) is 0 Å². The van der Waals surface area contributed by atoms with Crippen molar-refractivity contribution in [3.05, 3.63) is 53.2 Å². The summed E-state index contributed by atoms with van der Waals surface area (Å²) in [6.07, 6.45) is 0. The fraction of sp³-hybridized carbons (Fsp3) is 0.389. The Balaban J connectivity index is 2.83. The minimum Gasteiger partial charge on any atom is -0.386 e. The normalized spacial score (nSPS) is 15.0. The van der Waals surface area contributed by atoms with Gasteiger partial charge in [0.25, 0.3) is 5.92 Å². The van der Waals surface area contributed by atoms with Crippen LogP contribution in [-0.2, 0) is 11.2 Å². The van der Waals surface area contributed by atoms with Gasteiger partial charge in [-0.05, 0) is 44.2 Å². The summed E-state index contributed by atoms with van der Waals surface area (Å²) in [5, 5.41) is 20.6. The van der Waals surface area contributed by atoms with Gasteiger partial charge >= 0.3 is 0 Å². The molecular weight excluding hydrogens is 352 g/mol. The van der Waals surface area contributed by atoms with E-state index in [2.05, 4.69) is 4.98 Å². The van der Waals surface area contributed by atoms with Crippen molar-refractivity contribution < 1.29 is 27.8 Å². The maximum Gasteiger partial charge on any atom is 0.280 e. The molecule has 1 aromatic carbocycles. The molecule has 0 amide bonds. The number of pyridine rings is 1. The van der Waals surface area contributed by atoms with E-state index in [1.54, 1.807) is 0 Å². The van der Waals surface area contributed by atoms with Crippen molar-refractivity contribution in [1.82, 2.24) is 4.98 Å². The van der Waals surface area contributed by atoms with Crippen molar-refractivity contribution >= 4 is 0 Å². The van der Waals surface area contributed by atoms with E-state index in [0.717, 1.165) is 18.2 Å². The van der Waals surface area contributed by atoms with Crippen molar-refractivity contribution in [2.75, 3.05) is 6.54 Å². The lowest BCUT2D eigenvalue weighted by Crippen LogP contribution is -2.50. The highest BCUT2D eigenvalue weighted by atomic mass is 19.3. The van der Waals surface area contributed by atoms with Gasteiger partial charge in [-0.1, -0.05) is 0 Å². The van der Waals surface area contributed by atoms with Crippen LogP contribution < -0.4 is 5.73 Å². The second-order valence-corrected chi connectivity index (χ2v) is 6.74. The molecule has 1 aromatic heterocycles. The zero-order valence-electron chi connectivity index (χ0n) is 14.5. The highest BCUT2D eigenvalue weighted by Gasteiger charge is 2.51. The first-order valence-corrected chi connectivity index (χ1v) is 7.81. The molecule has 0 radical (unpaired) electrons. The van der Waals surface area contributed by atoms with Gasteiger partial charge in [-0.25, -0.2) is 22.5 Å². The number of benzene rings is 1. The SMILES string of the molecule is CC(C)(O)c1cc(C(O)(CN)C(C)(F)F)nc(-c2ccc(F)cc2)c1F. The lowest BCUT2D eigenvalue weighted by atomic mass is 9.87. The van der Waals surface area contributed by atoms with Crippen molar-refractivity contribution in [3.63, 3.8) is 0 Å². The zero-order valence-corrected chi connectivity index (χ0v) is 14.5. The fourth-order valence-corrected chi connectivity index (χ4v) is 2.49. The first-order chi connectivity index (χ1) is 11.8. The number of rotatable bonds is 5. The second kappa shape index (κ2) is 6.61. The van der Waals surface area contributed by atoms with Crippen LogP contribution in [0.25, 0.3) is 11.3 Å². The van der Waals surface area contributed by atoms with E-state index in [0.29, 0.717) is 6.92 Å². The number of aromatic nitrogens is 1. The fourth-order valence-electron chi connectivity index (χ4n) is 2.49. The first kappa shape index (κ1) is 20.3. The number of nitrogens with zero attached hydrogens (tertiary/aromatic N) is 1. The van der Waals surface area contributed by atoms with Gasteiger partial charge in [0, 0.05) is 24.6 Å². The van der Waals surface area contributed by atoms with Gasteiger partial charge in [-0.15, -0.1) is 0 Å². The van der Waals surface area contributed by atoms with Gasteiger partial charge in [0.2, 0.25) is 0 Å². The monoisotopic (exact) mass is 372 g/mol. The van der Waals surface area contributed by atoms with E-state index in [4.69, 9.17) is 5.73 Å². The van der Waals surface area contributed by atoms with Crippen LogP contribution in [0.4, 0.5) is 17.6 Å². The molecular formula is C18H20F4N2O2. The van der Waals surface area contributed by atoms with E-state index in [1.165, 1.54) is 26.0 Å². The summed E-state index contributed by atoms with van der Waals surface area (Å²) in [7, 11) is 0. The van der Waals surface area contributed by atoms with E-state index in [1.807, 2.05) is 0 Å². The van der Waals surface area contributed by atoms with Gasteiger partial charge in [0.05, 0.1) is 11.3 Å². The Labute approximate surface area is 148 Å². The minimum absolute atomic E-state index is 0.0926. The predicted octanol–water partition coefficient (Wildman–Crippen LogP) is 3.06. The Morgan fingerprint density at radius 1 is 1.04 bits per heavy atom. The number of alkyl halides is 2. The lowest BCUT2D eigenvalue weighted by molar-refractivity contribution is -0.172. The highest BCUT2D eigenvalue weighted by Crippen LogP contribution is 2.39. The topological polar surface area (TPSA) is 79.4 Å². The molecule has 4 nitrogen and oxygen atoms in total. The third kappa shape index (κ3) is 3.58. The Kier molecular flexibility index (Phi) is 5.15. The molecule has 26 heavy (non-hydrogen) atoms. The van der Waals surface area contributed by atoms with Crippen molar-refractivity contribution in [2.24, 2.45) is 5.73 Å². The molecule has 0 aliphatic carbocycles. The lowest BCUT2D eigenvalue weighted by Gasteiger charge is -2.33. The van der Waals surface area contributed by atoms with Crippen molar-refractivity contribution in [3.8, 4) is 11.3 Å². The summed E-state index contributed by atoms with van der Waals surface area (Å²) < 4.78 is 56.0. The summed E-state index contributed by atoms with van der Waals surface area (Å²) in [6, 6.07) is 5.40. The number of nitrogens with two attached hydrogens (primary N) is 1. The van der Waals surface area contributed by atoms with Crippen LogP contribution in [0.15, 0.2) is 30.3 Å². The van der Waals surface area contributed by atoms with Gasteiger partial charge in [-0.2, -0.15) is 0 Å². The van der Waals surface area contributed by atoms with Crippen LogP contribution in [-0.4, -0.2) is 27.7 Å². The summed E-state index contributed by atoms with van der Waals surface area (Å²) in [4.78, 5) is 3.84. The van der Waals surface area contributed by atoms with Crippen LogP contribution in [0.3, 0.4) is 0 Å². The van der Waals surface area contributed by atoms with Gasteiger partial charge in [-0.3, -0.25) is 0 Å². The average Bonchev–Trinajstić information content (AvgIpc) is 2.53. The van der Waals surface area contributed by atoms with E-state index < -0.39 is 46.7 Å². The van der Waals surface area contributed by atoms with E-state index in [-0.39, 0.29) is 11.1 Å². The zero-order chi connectivity index (χ0) is 19.9. The second-order valence-electron chi connectivity index (χ2n) is 6.74. The standard InChI is InChI=1S/C18H20F4N2O2/c1-16(2,25)12-8-13(18(26,9-23)17(3,21)22)24-15(14(12)20)10-4-6-11(19)7-5-10/h4-8,25-26H,9,23H2,1-3H3. The molecule has 2 rings (SSSR count). The van der Waals surface area contributed by atoms with Gasteiger partial charge in [0.1, 0.15) is 11.5 Å². The maximum atomic E-state index is 14.9. The molecule has 0 aliphatic heterocycles. The van der Waals surface area contributed by atoms with E-state index in [9.17, 15) is 27.8 Å². The van der Waals surface area contributed by atoms with Crippen LogP contribution >= 0.6 is 0 Å². The molecule has 4 N–H and O–H groups in total. The number of hydrogen-bond donors (Lipinski definition) is 3.